The predicted octanol–water partition coefficient (Wildman–Crippen LogP) is 6.22. The molecule has 12 nitrogen and oxygen atoms in total. The molecule has 12 heteroatoms. The van der Waals surface area contributed by atoms with Crippen LogP contribution in [0.1, 0.15) is 22.8 Å². The molecule has 0 fully saturated rings. The number of aromatic nitrogens is 12. The molecule has 0 radical (unpaired) electrons. The number of H-pyrrole nitrogens is 6. The highest BCUT2D eigenvalue weighted by Gasteiger charge is 2.20. The van der Waals surface area contributed by atoms with Crippen molar-refractivity contribution in [2.75, 3.05) is 0 Å². The minimum Gasteiger partial charge on any atom is -0.354 e. The third kappa shape index (κ3) is 3.78. The van der Waals surface area contributed by atoms with Crippen LogP contribution in [-0.2, 0) is 0 Å². The summed E-state index contributed by atoms with van der Waals surface area (Å²) in [6.07, 6.45) is 22.8. The molecule has 6 N–H and O–H groups in total. The van der Waals surface area contributed by atoms with Gasteiger partial charge in [0.1, 0.15) is 0 Å². The molecular formula is C32H22N12. The molecule has 8 bridgehead atoms. The normalized spacial score (nSPS) is 12.4. The summed E-state index contributed by atoms with van der Waals surface area (Å²) in [4.78, 5) is 17.7. The van der Waals surface area contributed by atoms with Crippen LogP contribution in [0.2, 0.25) is 0 Å². The third-order valence-corrected chi connectivity index (χ3v) is 7.90. The van der Waals surface area contributed by atoms with Gasteiger partial charge in [0.05, 0.1) is 47.6 Å². The Morgan fingerprint density at radius 1 is 0.364 bits per heavy atom. The summed E-state index contributed by atoms with van der Waals surface area (Å²) in [6, 6.07) is 8.30. The van der Waals surface area contributed by atoms with Gasteiger partial charge < -0.3 is 9.97 Å². The Bertz CT molecular complexity index is 2230. The maximum absolute atomic E-state index is 5.16. The number of rotatable bonds is 4. The Hall–Kier alpha value is -6.56. The second-order valence-corrected chi connectivity index (χ2v) is 10.5. The Kier molecular flexibility index (Phi) is 5.19. The van der Waals surface area contributed by atoms with Gasteiger partial charge in [-0.15, -0.1) is 0 Å². The highest BCUT2D eigenvalue weighted by Crippen LogP contribution is 2.37. The molecule has 0 aliphatic carbocycles. The van der Waals surface area contributed by atoms with E-state index < -0.39 is 0 Å². The number of nitrogens with one attached hydrogen (secondary N) is 6. The lowest BCUT2D eigenvalue weighted by Crippen LogP contribution is -1.89. The lowest BCUT2D eigenvalue weighted by Gasteiger charge is -2.03. The molecule has 9 heterocycles. The van der Waals surface area contributed by atoms with Gasteiger partial charge in [-0.1, -0.05) is 0 Å². The molecule has 0 saturated carbocycles. The molecule has 0 aromatic carbocycles. The van der Waals surface area contributed by atoms with Gasteiger partial charge in [0.25, 0.3) is 0 Å². The molecule has 0 saturated heterocycles. The lowest BCUT2D eigenvalue weighted by molar-refractivity contribution is 1.09. The van der Waals surface area contributed by atoms with Crippen molar-refractivity contribution >= 4 is 46.4 Å². The van der Waals surface area contributed by atoms with Crippen LogP contribution in [0, 0.1) is 0 Å². The topological polar surface area (TPSA) is 172 Å². The molecule has 210 valence electrons. The number of fused-ring (bicyclic) bond motifs is 8. The smallest absolute Gasteiger partial charge is 0.0739 e. The van der Waals surface area contributed by atoms with Crippen molar-refractivity contribution in [1.82, 2.24) is 60.7 Å². The number of hydrogen-bond donors (Lipinski definition) is 6. The fraction of sp³-hybridized carbons (Fsp3) is 0. The van der Waals surface area contributed by atoms with Crippen LogP contribution in [0.3, 0.4) is 0 Å². The zero-order valence-electron chi connectivity index (χ0n) is 22.9. The van der Waals surface area contributed by atoms with Crippen LogP contribution in [-0.4, -0.2) is 60.7 Å². The van der Waals surface area contributed by atoms with E-state index in [-0.39, 0.29) is 0 Å². The van der Waals surface area contributed by atoms with Gasteiger partial charge >= 0.3 is 0 Å². The Morgan fingerprint density at radius 2 is 0.682 bits per heavy atom. The van der Waals surface area contributed by atoms with Crippen LogP contribution in [0.4, 0.5) is 0 Å². The SMILES string of the molecule is C1=Cc2nc1c(-c1cn[nH]c1)c1nc(c(-c3cn[nH]c3)c3ccc([nH]3)c(-c3cn[nH]c3)c3ccc([nH]3)c2-c2cn[nH]c2)C=C1. The van der Waals surface area contributed by atoms with E-state index in [0.717, 1.165) is 89.4 Å². The van der Waals surface area contributed by atoms with Crippen molar-refractivity contribution in [2.45, 2.75) is 0 Å². The van der Waals surface area contributed by atoms with Crippen LogP contribution in [0.15, 0.2) is 73.8 Å². The fourth-order valence-electron chi connectivity index (χ4n) is 5.97. The van der Waals surface area contributed by atoms with Gasteiger partial charge in [-0.3, -0.25) is 20.4 Å². The van der Waals surface area contributed by atoms with Crippen LogP contribution in [0.25, 0.3) is 90.9 Å². The molecule has 0 atom stereocenters. The minimum absolute atomic E-state index is 0.781. The van der Waals surface area contributed by atoms with E-state index in [1.807, 2.05) is 55.3 Å². The third-order valence-electron chi connectivity index (χ3n) is 7.90. The van der Waals surface area contributed by atoms with Gasteiger partial charge in [-0.25, -0.2) is 9.97 Å². The molecular weight excluding hydrogens is 552 g/mol. The Labute approximate surface area is 248 Å². The van der Waals surface area contributed by atoms with E-state index in [2.05, 4.69) is 75.0 Å². The first-order valence-corrected chi connectivity index (χ1v) is 13.9. The zero-order valence-corrected chi connectivity index (χ0v) is 22.9. The average molecular weight is 575 g/mol. The summed E-state index contributed by atoms with van der Waals surface area (Å²) >= 11 is 0. The highest BCUT2D eigenvalue weighted by molar-refractivity contribution is 5.99. The summed E-state index contributed by atoms with van der Waals surface area (Å²) in [7, 11) is 0. The van der Waals surface area contributed by atoms with E-state index in [1.54, 1.807) is 18.6 Å². The quantitative estimate of drug-likeness (QED) is 0.146. The zero-order chi connectivity index (χ0) is 29.0. The highest BCUT2D eigenvalue weighted by atomic mass is 15.1. The summed E-state index contributed by atoms with van der Waals surface area (Å²) in [5, 5.41) is 28.8. The molecule has 9 rings (SSSR count). The molecule has 2 aliphatic rings. The molecule has 0 spiro atoms. The monoisotopic (exact) mass is 574 g/mol. The first-order valence-electron chi connectivity index (χ1n) is 13.9. The van der Waals surface area contributed by atoms with E-state index in [1.165, 1.54) is 0 Å². The number of nitrogens with zero attached hydrogens (tertiary/aromatic N) is 6. The molecule has 0 unspecified atom stereocenters. The maximum Gasteiger partial charge on any atom is 0.0739 e. The molecule has 7 aromatic rings. The van der Waals surface area contributed by atoms with E-state index in [0.29, 0.717) is 0 Å². The first kappa shape index (κ1) is 24.1. The lowest BCUT2D eigenvalue weighted by atomic mass is 10.1. The summed E-state index contributed by atoms with van der Waals surface area (Å²) in [6.45, 7) is 0. The second-order valence-electron chi connectivity index (χ2n) is 10.5. The van der Waals surface area contributed by atoms with Gasteiger partial charge in [-0.05, 0) is 48.6 Å². The van der Waals surface area contributed by atoms with Crippen LogP contribution in [0.5, 0.6) is 0 Å². The number of hydrogen-bond acceptors (Lipinski definition) is 6. The van der Waals surface area contributed by atoms with Gasteiger partial charge in [0.15, 0.2) is 0 Å². The van der Waals surface area contributed by atoms with Crippen molar-refractivity contribution in [3.8, 4) is 44.5 Å². The van der Waals surface area contributed by atoms with Crippen LogP contribution >= 0.6 is 0 Å². The van der Waals surface area contributed by atoms with Crippen molar-refractivity contribution in [1.29, 1.82) is 0 Å². The van der Waals surface area contributed by atoms with Crippen molar-refractivity contribution in [3.05, 3.63) is 96.6 Å². The van der Waals surface area contributed by atoms with E-state index >= 15 is 0 Å². The fourth-order valence-corrected chi connectivity index (χ4v) is 5.97. The number of aromatic amines is 6. The van der Waals surface area contributed by atoms with Crippen molar-refractivity contribution in [2.24, 2.45) is 0 Å². The standard InChI is InChI=1S/C32H22N12/c1-2-22-30(18-11-35-36-12-18)24-5-6-26(43-24)32(20-15-39-40-16-20)28-8-7-27(44-28)31(19-13-37-38-14-19)25-4-3-23(42-25)29(21(1)41-22)17-9-33-34-10-17/h1-16,41-42H,(H,33,34)(H,35,36)(H,37,38)(H,39,40). The van der Waals surface area contributed by atoms with Crippen molar-refractivity contribution in [3.63, 3.8) is 0 Å². The summed E-state index contributed by atoms with van der Waals surface area (Å²) < 4.78 is 0. The predicted molar refractivity (Wildman–Crippen MR) is 169 cm³/mol. The van der Waals surface area contributed by atoms with Gasteiger partial charge in [0.2, 0.25) is 0 Å². The molecule has 0 amide bonds. The van der Waals surface area contributed by atoms with Gasteiger partial charge in [0, 0.05) is 91.4 Å². The molecule has 7 aromatic heterocycles. The summed E-state index contributed by atoms with van der Waals surface area (Å²) in [5.41, 5.74) is 14.1. The molecule has 2 aliphatic heterocycles. The Morgan fingerprint density at radius 3 is 1.05 bits per heavy atom. The van der Waals surface area contributed by atoms with E-state index in [4.69, 9.17) is 9.97 Å². The maximum atomic E-state index is 5.16. The first-order chi connectivity index (χ1) is 21.8. The Balaban J connectivity index is 1.49. The van der Waals surface area contributed by atoms with Crippen LogP contribution < -0.4 is 0 Å². The average Bonchev–Trinajstić information content (AvgIpc) is 3.90. The summed E-state index contributed by atoms with van der Waals surface area (Å²) in [5.74, 6) is 0. The molecule has 44 heavy (non-hydrogen) atoms. The van der Waals surface area contributed by atoms with Crippen molar-refractivity contribution < 1.29 is 0 Å². The largest absolute Gasteiger partial charge is 0.354 e. The second kappa shape index (κ2) is 9.49. The minimum atomic E-state index is 0.781. The van der Waals surface area contributed by atoms with Gasteiger partial charge in [-0.2, -0.15) is 20.4 Å². The van der Waals surface area contributed by atoms with E-state index in [9.17, 15) is 0 Å².